The average Bonchev–Trinajstić information content (AvgIpc) is 2.58. The first-order chi connectivity index (χ1) is 12.4. The number of ether oxygens (including phenoxy) is 2. The lowest BCUT2D eigenvalue weighted by atomic mass is 10.2. The number of amides is 1. The Bertz CT molecular complexity index is 714. The van der Waals surface area contributed by atoms with Crippen molar-refractivity contribution in [3.8, 4) is 11.5 Å². The lowest BCUT2D eigenvalue weighted by Crippen LogP contribution is -2.22. The molecule has 5 nitrogen and oxygen atoms in total. The number of rotatable bonds is 9. The monoisotopic (exact) mass is 356 g/mol. The van der Waals surface area contributed by atoms with Crippen LogP contribution in [0.2, 0.25) is 0 Å². The number of hydrogen-bond donors (Lipinski definition) is 2. The summed E-state index contributed by atoms with van der Waals surface area (Å²) in [6.45, 7) is 8.91. The normalized spacial score (nSPS) is 10.7. The minimum Gasteiger partial charge on any atom is -0.491 e. The van der Waals surface area contributed by atoms with Crippen LogP contribution in [0.15, 0.2) is 48.5 Å². The summed E-state index contributed by atoms with van der Waals surface area (Å²) in [5.74, 6) is 1.79. The molecule has 0 saturated carbocycles. The molecule has 140 valence electrons. The highest BCUT2D eigenvalue weighted by atomic mass is 16.5. The SMILES string of the molecule is CC(C)COc1ccccc1NCC(=O)Nc1cccc(OC(C)C)c1. The van der Waals surface area contributed by atoms with Gasteiger partial charge in [0.25, 0.3) is 0 Å². The van der Waals surface area contributed by atoms with E-state index in [1.165, 1.54) is 0 Å². The standard InChI is InChI=1S/C21H28N2O3/c1-15(2)14-25-20-11-6-5-10-19(20)22-13-21(24)23-17-8-7-9-18(12-17)26-16(3)4/h5-12,15-16,22H,13-14H2,1-4H3,(H,23,24). The number of benzene rings is 2. The summed E-state index contributed by atoms with van der Waals surface area (Å²) < 4.78 is 11.4. The highest BCUT2D eigenvalue weighted by molar-refractivity contribution is 5.94. The van der Waals surface area contributed by atoms with Crippen LogP contribution in [-0.2, 0) is 4.79 Å². The highest BCUT2D eigenvalue weighted by Gasteiger charge is 2.08. The predicted molar refractivity (Wildman–Crippen MR) is 106 cm³/mol. The van der Waals surface area contributed by atoms with E-state index in [2.05, 4.69) is 24.5 Å². The van der Waals surface area contributed by atoms with Crippen LogP contribution in [0.5, 0.6) is 11.5 Å². The number of nitrogens with one attached hydrogen (secondary N) is 2. The molecule has 0 atom stereocenters. The van der Waals surface area contributed by atoms with Gasteiger partial charge in [0.05, 0.1) is 24.9 Å². The molecule has 0 heterocycles. The molecule has 0 bridgehead atoms. The van der Waals surface area contributed by atoms with E-state index in [0.29, 0.717) is 18.2 Å². The first-order valence-corrected chi connectivity index (χ1v) is 8.96. The van der Waals surface area contributed by atoms with Gasteiger partial charge in [-0.05, 0) is 44.0 Å². The maximum Gasteiger partial charge on any atom is 0.243 e. The molecule has 2 rings (SSSR count). The Labute approximate surface area is 155 Å². The van der Waals surface area contributed by atoms with Gasteiger partial charge >= 0.3 is 0 Å². The zero-order valence-electron chi connectivity index (χ0n) is 15.9. The fourth-order valence-corrected chi connectivity index (χ4v) is 2.30. The molecule has 0 aliphatic rings. The van der Waals surface area contributed by atoms with Gasteiger partial charge in [-0.15, -0.1) is 0 Å². The van der Waals surface area contributed by atoms with Crippen LogP contribution in [0, 0.1) is 5.92 Å². The molecule has 0 aromatic heterocycles. The summed E-state index contributed by atoms with van der Waals surface area (Å²) >= 11 is 0. The van der Waals surface area contributed by atoms with Crippen LogP contribution in [0.1, 0.15) is 27.7 Å². The molecule has 0 radical (unpaired) electrons. The fourth-order valence-electron chi connectivity index (χ4n) is 2.30. The Hall–Kier alpha value is -2.69. The summed E-state index contributed by atoms with van der Waals surface area (Å²) in [5, 5.41) is 6.01. The molecule has 0 fully saturated rings. The van der Waals surface area contributed by atoms with Crippen molar-refractivity contribution in [2.45, 2.75) is 33.8 Å². The molecular formula is C21H28N2O3. The summed E-state index contributed by atoms with van der Waals surface area (Å²) in [6.07, 6.45) is 0.0879. The van der Waals surface area contributed by atoms with Gasteiger partial charge in [0, 0.05) is 11.8 Å². The molecule has 26 heavy (non-hydrogen) atoms. The first-order valence-electron chi connectivity index (χ1n) is 8.96. The van der Waals surface area contributed by atoms with E-state index in [1.54, 1.807) is 0 Å². The molecule has 1 amide bonds. The molecule has 0 aliphatic carbocycles. The summed E-state index contributed by atoms with van der Waals surface area (Å²) in [6, 6.07) is 15.0. The summed E-state index contributed by atoms with van der Waals surface area (Å²) in [4.78, 5) is 12.2. The van der Waals surface area contributed by atoms with E-state index < -0.39 is 0 Å². The number of carbonyl (C=O) groups excluding carboxylic acids is 1. The lowest BCUT2D eigenvalue weighted by molar-refractivity contribution is -0.114. The fraction of sp³-hybridized carbons (Fsp3) is 0.381. The molecule has 0 spiro atoms. The Morgan fingerprint density at radius 2 is 1.81 bits per heavy atom. The zero-order valence-corrected chi connectivity index (χ0v) is 15.9. The second-order valence-electron chi connectivity index (χ2n) is 6.80. The molecule has 0 unspecified atom stereocenters. The Morgan fingerprint density at radius 1 is 1.04 bits per heavy atom. The molecule has 2 N–H and O–H groups in total. The van der Waals surface area contributed by atoms with Crippen LogP contribution in [-0.4, -0.2) is 25.2 Å². The Kier molecular flexibility index (Phi) is 7.33. The van der Waals surface area contributed by atoms with E-state index in [1.807, 2.05) is 62.4 Å². The van der Waals surface area contributed by atoms with Crippen molar-refractivity contribution in [1.82, 2.24) is 0 Å². The largest absolute Gasteiger partial charge is 0.491 e. The van der Waals surface area contributed by atoms with Crippen molar-refractivity contribution in [2.24, 2.45) is 5.92 Å². The lowest BCUT2D eigenvalue weighted by Gasteiger charge is -2.15. The average molecular weight is 356 g/mol. The number of para-hydroxylation sites is 2. The first kappa shape index (κ1) is 19.6. The van der Waals surface area contributed by atoms with E-state index >= 15 is 0 Å². The quantitative estimate of drug-likeness (QED) is 0.691. The van der Waals surface area contributed by atoms with E-state index in [9.17, 15) is 4.79 Å². The van der Waals surface area contributed by atoms with E-state index in [0.717, 1.165) is 17.2 Å². The molecule has 2 aromatic rings. The third-order valence-corrected chi connectivity index (χ3v) is 3.39. The number of carbonyl (C=O) groups is 1. The van der Waals surface area contributed by atoms with Crippen molar-refractivity contribution in [2.75, 3.05) is 23.8 Å². The van der Waals surface area contributed by atoms with Crippen molar-refractivity contribution in [3.05, 3.63) is 48.5 Å². The van der Waals surface area contributed by atoms with Crippen LogP contribution in [0.4, 0.5) is 11.4 Å². The molecule has 0 aliphatic heterocycles. The number of hydrogen-bond acceptors (Lipinski definition) is 4. The van der Waals surface area contributed by atoms with Gasteiger partial charge in [0.1, 0.15) is 11.5 Å². The molecule has 5 heteroatoms. The minimum absolute atomic E-state index is 0.0879. The maximum absolute atomic E-state index is 12.2. The van der Waals surface area contributed by atoms with Gasteiger partial charge in [-0.2, -0.15) is 0 Å². The minimum atomic E-state index is -0.134. The predicted octanol–water partition coefficient (Wildman–Crippen LogP) is 4.56. The van der Waals surface area contributed by atoms with Gasteiger partial charge in [-0.1, -0.05) is 32.0 Å². The van der Waals surface area contributed by atoms with Crippen LogP contribution >= 0.6 is 0 Å². The second-order valence-corrected chi connectivity index (χ2v) is 6.80. The van der Waals surface area contributed by atoms with Crippen LogP contribution in [0.3, 0.4) is 0 Å². The molecule has 2 aromatic carbocycles. The molecule has 0 saturated heterocycles. The highest BCUT2D eigenvalue weighted by Crippen LogP contribution is 2.24. The Balaban J connectivity index is 1.91. The maximum atomic E-state index is 12.2. The molecular weight excluding hydrogens is 328 g/mol. The van der Waals surface area contributed by atoms with Gasteiger partial charge in [0.15, 0.2) is 0 Å². The third kappa shape index (κ3) is 6.67. The van der Waals surface area contributed by atoms with Crippen LogP contribution < -0.4 is 20.1 Å². The zero-order chi connectivity index (χ0) is 18.9. The van der Waals surface area contributed by atoms with Crippen LogP contribution in [0.25, 0.3) is 0 Å². The topological polar surface area (TPSA) is 59.6 Å². The van der Waals surface area contributed by atoms with Gasteiger partial charge in [-0.3, -0.25) is 4.79 Å². The van der Waals surface area contributed by atoms with E-state index in [-0.39, 0.29) is 18.6 Å². The summed E-state index contributed by atoms with van der Waals surface area (Å²) in [5.41, 5.74) is 1.51. The van der Waals surface area contributed by atoms with E-state index in [4.69, 9.17) is 9.47 Å². The number of anilines is 2. The smallest absolute Gasteiger partial charge is 0.243 e. The second kappa shape index (κ2) is 9.70. The third-order valence-electron chi connectivity index (χ3n) is 3.39. The van der Waals surface area contributed by atoms with Crippen molar-refractivity contribution < 1.29 is 14.3 Å². The van der Waals surface area contributed by atoms with Crippen molar-refractivity contribution in [3.63, 3.8) is 0 Å². The van der Waals surface area contributed by atoms with Gasteiger partial charge in [-0.25, -0.2) is 0 Å². The van der Waals surface area contributed by atoms with Gasteiger partial charge in [0.2, 0.25) is 5.91 Å². The Morgan fingerprint density at radius 3 is 2.54 bits per heavy atom. The van der Waals surface area contributed by atoms with Gasteiger partial charge < -0.3 is 20.1 Å². The summed E-state index contributed by atoms with van der Waals surface area (Å²) in [7, 11) is 0. The van der Waals surface area contributed by atoms with Crippen molar-refractivity contribution in [1.29, 1.82) is 0 Å². The van der Waals surface area contributed by atoms with Crippen molar-refractivity contribution >= 4 is 17.3 Å².